The Morgan fingerprint density at radius 3 is 2.56 bits per heavy atom. The van der Waals surface area contributed by atoms with Crippen LogP contribution in [0.4, 0.5) is 10.2 Å². The molecular weight excluding hydrogens is 457 g/mol. The van der Waals surface area contributed by atoms with Crippen molar-refractivity contribution in [3.8, 4) is 22.6 Å². The number of anilines is 1. The fourth-order valence-electron chi connectivity index (χ4n) is 3.65. The molecule has 0 saturated heterocycles. The number of fused-ring (bicyclic) bond motifs is 1. The summed E-state index contributed by atoms with van der Waals surface area (Å²) in [6.45, 7) is 3.96. The summed E-state index contributed by atoms with van der Waals surface area (Å²) < 4.78 is 16.8. The maximum atomic E-state index is 13.4. The first-order chi connectivity index (χ1) is 16.3. The number of pyridine rings is 1. The molecule has 34 heavy (non-hydrogen) atoms. The van der Waals surface area contributed by atoms with Crippen molar-refractivity contribution in [3.05, 3.63) is 82.8 Å². The summed E-state index contributed by atoms with van der Waals surface area (Å²) in [6.07, 6.45) is 1.21. The Kier molecular flexibility index (Phi) is 5.33. The Labute approximate surface area is 199 Å². The molecule has 4 heterocycles. The highest BCUT2D eigenvalue weighted by Gasteiger charge is 2.20. The van der Waals surface area contributed by atoms with Gasteiger partial charge in [-0.2, -0.15) is 14.0 Å². The number of rotatable bonds is 4. The molecule has 0 aliphatic rings. The van der Waals surface area contributed by atoms with Gasteiger partial charge in [0.05, 0.1) is 11.4 Å². The second kappa shape index (κ2) is 8.35. The second-order valence-electron chi connectivity index (χ2n) is 7.84. The molecule has 1 amide bonds. The number of benzene rings is 1. The zero-order valence-corrected chi connectivity index (χ0v) is 19.3. The smallest absolute Gasteiger partial charge is 0.257 e. The van der Waals surface area contributed by atoms with Gasteiger partial charge in [0.1, 0.15) is 11.5 Å². The van der Waals surface area contributed by atoms with Crippen LogP contribution in [0.3, 0.4) is 0 Å². The van der Waals surface area contributed by atoms with Gasteiger partial charge in [-0.05, 0) is 32.0 Å². The number of halogens is 2. The first kappa shape index (κ1) is 21.7. The summed E-state index contributed by atoms with van der Waals surface area (Å²) in [4.78, 5) is 25.1. The monoisotopic (exact) mass is 475 g/mol. The lowest BCUT2D eigenvalue weighted by Crippen LogP contribution is -2.13. The minimum atomic E-state index is -0.754. The Balaban J connectivity index is 1.55. The minimum Gasteiger partial charge on any atom is -0.330 e. The van der Waals surface area contributed by atoms with Crippen molar-refractivity contribution in [1.82, 2.24) is 29.1 Å². The van der Waals surface area contributed by atoms with Gasteiger partial charge in [0.2, 0.25) is 5.95 Å². The number of hydrogen-bond donors (Lipinski definition) is 1. The fourth-order valence-corrected chi connectivity index (χ4v) is 3.87. The standard InChI is InChI=1S/C24H19ClFN7O/c1-13-4-6-15(7-5-13)20-21(32(3)14(2)28-20)17-8-9-19-29-23(22(25)33(19)31-17)30-24(34)16-10-11-27-18(26)12-16/h4-12H,1-3H3,(H,30,34). The van der Waals surface area contributed by atoms with Crippen molar-refractivity contribution in [2.24, 2.45) is 7.05 Å². The van der Waals surface area contributed by atoms with Crippen LogP contribution < -0.4 is 5.32 Å². The van der Waals surface area contributed by atoms with E-state index < -0.39 is 11.9 Å². The van der Waals surface area contributed by atoms with E-state index in [1.165, 1.54) is 16.8 Å². The zero-order chi connectivity index (χ0) is 24.0. The lowest BCUT2D eigenvalue weighted by Gasteiger charge is -2.07. The zero-order valence-electron chi connectivity index (χ0n) is 18.5. The molecule has 0 unspecified atom stereocenters. The summed E-state index contributed by atoms with van der Waals surface area (Å²) in [5.41, 5.74) is 4.94. The number of aromatic nitrogens is 6. The number of amides is 1. The van der Waals surface area contributed by atoms with Crippen molar-refractivity contribution >= 4 is 29.0 Å². The van der Waals surface area contributed by atoms with Gasteiger partial charge in [-0.25, -0.2) is 15.0 Å². The molecule has 0 saturated carbocycles. The third-order valence-corrected chi connectivity index (χ3v) is 5.87. The topological polar surface area (TPSA) is 90.0 Å². The van der Waals surface area contributed by atoms with Crippen LogP contribution in [0.1, 0.15) is 21.7 Å². The highest BCUT2D eigenvalue weighted by atomic mass is 35.5. The van der Waals surface area contributed by atoms with E-state index in [2.05, 4.69) is 20.4 Å². The van der Waals surface area contributed by atoms with Gasteiger partial charge < -0.3 is 9.88 Å². The van der Waals surface area contributed by atoms with E-state index in [4.69, 9.17) is 16.6 Å². The van der Waals surface area contributed by atoms with E-state index in [1.54, 1.807) is 6.07 Å². The SMILES string of the molecule is Cc1ccc(-c2nc(C)n(C)c2-c2ccc3nc(NC(=O)c4ccnc(F)c4)c(Cl)n3n2)cc1. The first-order valence-corrected chi connectivity index (χ1v) is 10.8. The molecule has 1 aromatic carbocycles. The third kappa shape index (κ3) is 3.80. The lowest BCUT2D eigenvalue weighted by atomic mass is 10.1. The molecule has 0 atom stereocenters. The van der Waals surface area contributed by atoms with E-state index in [-0.39, 0.29) is 16.5 Å². The van der Waals surface area contributed by atoms with Gasteiger partial charge in [-0.15, -0.1) is 0 Å². The van der Waals surface area contributed by atoms with E-state index >= 15 is 0 Å². The molecule has 0 aliphatic heterocycles. The molecule has 8 nitrogen and oxygen atoms in total. The summed E-state index contributed by atoms with van der Waals surface area (Å²) in [5.74, 6) is -0.359. The number of aryl methyl sites for hydroxylation is 2. The number of nitrogens with zero attached hydrogens (tertiary/aromatic N) is 6. The van der Waals surface area contributed by atoms with Gasteiger partial charge in [0.15, 0.2) is 16.6 Å². The number of hydrogen-bond acceptors (Lipinski definition) is 5. The van der Waals surface area contributed by atoms with E-state index in [9.17, 15) is 9.18 Å². The molecule has 0 fully saturated rings. The van der Waals surface area contributed by atoms with Crippen LogP contribution in [0.2, 0.25) is 5.15 Å². The molecule has 1 N–H and O–H groups in total. The number of imidazole rings is 2. The van der Waals surface area contributed by atoms with Gasteiger partial charge in [-0.3, -0.25) is 4.79 Å². The Bertz CT molecular complexity index is 1560. The molecule has 5 rings (SSSR count). The van der Waals surface area contributed by atoms with Crippen LogP contribution in [0.15, 0.2) is 54.7 Å². The fraction of sp³-hybridized carbons (Fsp3) is 0.125. The van der Waals surface area contributed by atoms with Crippen LogP contribution >= 0.6 is 11.6 Å². The van der Waals surface area contributed by atoms with E-state index in [0.29, 0.717) is 11.3 Å². The maximum Gasteiger partial charge on any atom is 0.257 e. The maximum absolute atomic E-state index is 13.4. The van der Waals surface area contributed by atoms with Crippen molar-refractivity contribution < 1.29 is 9.18 Å². The van der Waals surface area contributed by atoms with Crippen molar-refractivity contribution in [2.75, 3.05) is 5.32 Å². The van der Waals surface area contributed by atoms with Crippen LogP contribution in [-0.2, 0) is 7.05 Å². The molecule has 5 aromatic rings. The third-order valence-electron chi connectivity index (χ3n) is 5.53. The molecule has 0 bridgehead atoms. The van der Waals surface area contributed by atoms with Gasteiger partial charge in [0.25, 0.3) is 5.91 Å². The Morgan fingerprint density at radius 2 is 1.82 bits per heavy atom. The quantitative estimate of drug-likeness (QED) is 0.375. The molecule has 0 aliphatic carbocycles. The number of carbonyl (C=O) groups is 1. The van der Waals surface area contributed by atoms with Gasteiger partial charge in [0, 0.05) is 30.4 Å². The molecule has 4 aromatic heterocycles. The lowest BCUT2D eigenvalue weighted by molar-refractivity contribution is 0.102. The summed E-state index contributed by atoms with van der Waals surface area (Å²) in [6, 6.07) is 14.2. The van der Waals surface area contributed by atoms with Crippen LogP contribution in [0.25, 0.3) is 28.3 Å². The van der Waals surface area contributed by atoms with E-state index in [0.717, 1.165) is 34.4 Å². The molecular formula is C24H19ClFN7O. The van der Waals surface area contributed by atoms with Crippen molar-refractivity contribution in [3.63, 3.8) is 0 Å². The summed E-state index contributed by atoms with van der Waals surface area (Å²) in [7, 11) is 1.93. The average Bonchev–Trinajstić information content (AvgIpc) is 3.29. The Hall–Kier alpha value is -4.11. The average molecular weight is 476 g/mol. The summed E-state index contributed by atoms with van der Waals surface area (Å²) in [5, 5.41) is 7.40. The molecule has 10 heteroatoms. The largest absolute Gasteiger partial charge is 0.330 e. The Morgan fingerprint density at radius 1 is 1.06 bits per heavy atom. The van der Waals surface area contributed by atoms with Crippen LogP contribution in [0, 0.1) is 19.8 Å². The number of carbonyl (C=O) groups excluding carboxylic acids is 1. The van der Waals surface area contributed by atoms with Crippen molar-refractivity contribution in [1.29, 1.82) is 0 Å². The molecule has 0 radical (unpaired) electrons. The van der Waals surface area contributed by atoms with Crippen molar-refractivity contribution in [2.45, 2.75) is 13.8 Å². The van der Waals surface area contributed by atoms with E-state index in [1.807, 2.05) is 55.8 Å². The predicted octanol–water partition coefficient (Wildman–Crippen LogP) is 4.85. The first-order valence-electron chi connectivity index (χ1n) is 10.4. The minimum absolute atomic E-state index is 0.0994. The van der Waals surface area contributed by atoms with Crippen LogP contribution in [-0.4, -0.2) is 35.0 Å². The summed E-state index contributed by atoms with van der Waals surface area (Å²) >= 11 is 6.51. The second-order valence-corrected chi connectivity index (χ2v) is 8.20. The van der Waals surface area contributed by atoms with Gasteiger partial charge in [-0.1, -0.05) is 41.4 Å². The normalized spacial score (nSPS) is 11.2. The molecule has 0 spiro atoms. The molecule has 170 valence electrons. The number of nitrogens with one attached hydrogen (secondary N) is 1. The predicted molar refractivity (Wildman–Crippen MR) is 127 cm³/mol. The highest BCUT2D eigenvalue weighted by Crippen LogP contribution is 2.32. The highest BCUT2D eigenvalue weighted by molar-refractivity contribution is 6.33. The van der Waals surface area contributed by atoms with Crippen LogP contribution in [0.5, 0.6) is 0 Å². The van der Waals surface area contributed by atoms with Gasteiger partial charge >= 0.3 is 0 Å².